The predicted octanol–water partition coefficient (Wildman–Crippen LogP) is 0.767. The van der Waals surface area contributed by atoms with E-state index in [2.05, 4.69) is 15.2 Å². The molecule has 0 aliphatic heterocycles. The highest BCUT2D eigenvalue weighted by Crippen LogP contribution is 2.24. The maximum atomic E-state index is 10.9. The van der Waals surface area contributed by atoms with Crippen molar-refractivity contribution in [3.63, 3.8) is 0 Å². The standard InChI is InChI=1S/C9H9N4O3/c1-5-2-3-6(4-7(5)13(15)16)8-10-9(14)12-11-8/h2-4,15H,1H3,(H2,10,11,12,14)/q-1. The van der Waals surface area contributed by atoms with Gasteiger partial charge < -0.3 is 10.4 Å². The quantitative estimate of drug-likeness (QED) is 0.649. The number of rotatable bonds is 2. The van der Waals surface area contributed by atoms with Gasteiger partial charge in [-0.3, -0.25) is 10.2 Å². The van der Waals surface area contributed by atoms with Crippen molar-refractivity contribution in [2.75, 3.05) is 5.23 Å². The molecular weight excluding hydrogens is 212 g/mol. The first-order valence-corrected chi connectivity index (χ1v) is 4.50. The molecule has 7 heteroatoms. The first-order chi connectivity index (χ1) is 7.58. The first-order valence-electron chi connectivity index (χ1n) is 4.50. The summed E-state index contributed by atoms with van der Waals surface area (Å²) in [6.07, 6.45) is 0. The van der Waals surface area contributed by atoms with E-state index < -0.39 is 5.69 Å². The van der Waals surface area contributed by atoms with Gasteiger partial charge in [0.1, 0.15) is 0 Å². The van der Waals surface area contributed by atoms with Crippen LogP contribution < -0.4 is 10.9 Å². The molecular formula is C9H9N4O3-. The second-order valence-electron chi connectivity index (χ2n) is 3.30. The van der Waals surface area contributed by atoms with Gasteiger partial charge in [-0.15, -0.1) is 0 Å². The average Bonchev–Trinajstić information content (AvgIpc) is 2.65. The second kappa shape index (κ2) is 3.80. The third-order valence-corrected chi connectivity index (χ3v) is 2.19. The molecule has 0 radical (unpaired) electrons. The van der Waals surface area contributed by atoms with Gasteiger partial charge in [-0.1, -0.05) is 12.1 Å². The summed E-state index contributed by atoms with van der Waals surface area (Å²) in [6.45, 7) is 1.69. The Bertz CT molecular complexity index is 558. The molecule has 2 rings (SSSR count). The van der Waals surface area contributed by atoms with Crippen LogP contribution in [0.3, 0.4) is 0 Å². The number of hydrogen-bond donors (Lipinski definition) is 3. The number of nitrogens with one attached hydrogen (secondary N) is 2. The molecule has 1 aromatic carbocycles. The minimum atomic E-state index is -0.430. The van der Waals surface area contributed by atoms with Crippen LogP contribution in [0.15, 0.2) is 23.0 Å². The largest absolute Gasteiger partial charge is 0.733 e. The molecule has 0 saturated carbocycles. The molecule has 1 heterocycles. The highest BCUT2D eigenvalue weighted by Gasteiger charge is 2.06. The average molecular weight is 221 g/mol. The van der Waals surface area contributed by atoms with Crippen molar-refractivity contribution in [2.24, 2.45) is 0 Å². The van der Waals surface area contributed by atoms with Crippen molar-refractivity contribution in [3.8, 4) is 11.4 Å². The fraction of sp³-hybridized carbons (Fsp3) is 0.111. The molecule has 3 N–H and O–H groups in total. The van der Waals surface area contributed by atoms with Crippen molar-refractivity contribution >= 4 is 5.69 Å². The molecule has 2 aromatic rings. The van der Waals surface area contributed by atoms with Gasteiger partial charge in [0.15, 0.2) is 5.82 Å². The van der Waals surface area contributed by atoms with Crippen LogP contribution in [0.1, 0.15) is 5.56 Å². The monoisotopic (exact) mass is 221 g/mol. The van der Waals surface area contributed by atoms with E-state index in [1.165, 1.54) is 6.07 Å². The van der Waals surface area contributed by atoms with Crippen LogP contribution in [0, 0.1) is 12.1 Å². The van der Waals surface area contributed by atoms with Crippen LogP contribution in [0.2, 0.25) is 0 Å². The van der Waals surface area contributed by atoms with Crippen molar-refractivity contribution in [1.29, 1.82) is 0 Å². The summed E-state index contributed by atoms with van der Waals surface area (Å²) in [7, 11) is 0. The molecule has 0 spiro atoms. The van der Waals surface area contributed by atoms with E-state index in [1.807, 2.05) is 0 Å². The molecule has 7 nitrogen and oxygen atoms in total. The number of nitrogens with zero attached hydrogens (tertiary/aromatic N) is 2. The van der Waals surface area contributed by atoms with Crippen molar-refractivity contribution in [3.05, 3.63) is 39.5 Å². The number of aryl methyl sites for hydroxylation is 1. The Kier molecular flexibility index (Phi) is 2.47. The van der Waals surface area contributed by atoms with Crippen LogP contribution in [-0.2, 0) is 0 Å². The Morgan fingerprint density at radius 3 is 2.81 bits per heavy atom. The lowest BCUT2D eigenvalue weighted by molar-refractivity contribution is 0.296. The maximum Gasteiger partial charge on any atom is 0.340 e. The summed E-state index contributed by atoms with van der Waals surface area (Å²) in [5, 5.41) is 25.4. The third kappa shape index (κ3) is 1.81. The van der Waals surface area contributed by atoms with E-state index >= 15 is 0 Å². The van der Waals surface area contributed by atoms with Gasteiger partial charge in [-0.25, -0.2) is 9.89 Å². The summed E-state index contributed by atoms with van der Waals surface area (Å²) in [5.41, 5.74) is 0.842. The number of anilines is 1. The normalized spacial score (nSPS) is 10.4. The van der Waals surface area contributed by atoms with Gasteiger partial charge in [0.25, 0.3) is 0 Å². The number of benzene rings is 1. The Labute approximate surface area is 89.9 Å². The first kappa shape index (κ1) is 10.4. The van der Waals surface area contributed by atoms with E-state index in [9.17, 15) is 10.0 Å². The number of aromatic amines is 2. The summed E-state index contributed by atoms with van der Waals surface area (Å²) < 4.78 is 0. The molecule has 0 amide bonds. The molecule has 0 atom stereocenters. The molecule has 0 fully saturated rings. The lowest BCUT2D eigenvalue weighted by Gasteiger charge is -2.23. The van der Waals surface area contributed by atoms with Gasteiger partial charge in [0, 0.05) is 5.56 Å². The second-order valence-corrected chi connectivity index (χ2v) is 3.30. The fourth-order valence-electron chi connectivity index (χ4n) is 1.37. The van der Waals surface area contributed by atoms with Gasteiger partial charge in [-0.2, -0.15) is 5.10 Å². The van der Waals surface area contributed by atoms with E-state index in [-0.39, 0.29) is 10.9 Å². The highest BCUT2D eigenvalue weighted by atomic mass is 16.8. The fourth-order valence-corrected chi connectivity index (χ4v) is 1.37. The van der Waals surface area contributed by atoms with Crippen LogP contribution in [0.4, 0.5) is 5.69 Å². The molecule has 1 aromatic heterocycles. The Morgan fingerprint density at radius 1 is 1.50 bits per heavy atom. The van der Waals surface area contributed by atoms with Crippen molar-refractivity contribution in [2.45, 2.75) is 6.92 Å². The highest BCUT2D eigenvalue weighted by molar-refractivity contribution is 5.65. The van der Waals surface area contributed by atoms with Gasteiger partial charge in [-0.05, 0) is 18.6 Å². The van der Waals surface area contributed by atoms with Crippen molar-refractivity contribution < 1.29 is 5.21 Å². The lowest BCUT2D eigenvalue weighted by Crippen LogP contribution is -2.08. The molecule has 0 unspecified atom stereocenters. The predicted molar refractivity (Wildman–Crippen MR) is 57.0 cm³/mol. The van der Waals surface area contributed by atoms with E-state index in [4.69, 9.17) is 5.21 Å². The number of hydrogen-bond acceptors (Lipinski definition) is 5. The van der Waals surface area contributed by atoms with Crippen LogP contribution >= 0.6 is 0 Å². The van der Waals surface area contributed by atoms with E-state index in [0.29, 0.717) is 17.0 Å². The lowest BCUT2D eigenvalue weighted by atomic mass is 10.1. The van der Waals surface area contributed by atoms with Gasteiger partial charge >= 0.3 is 5.69 Å². The molecule has 0 aliphatic carbocycles. The Morgan fingerprint density at radius 2 is 2.25 bits per heavy atom. The van der Waals surface area contributed by atoms with Crippen molar-refractivity contribution in [1.82, 2.24) is 15.2 Å². The van der Waals surface area contributed by atoms with Gasteiger partial charge in [0.2, 0.25) is 0 Å². The number of H-pyrrole nitrogens is 2. The maximum absolute atomic E-state index is 10.9. The molecule has 0 saturated heterocycles. The number of aromatic nitrogens is 3. The Hall–Kier alpha value is -2.12. The smallest absolute Gasteiger partial charge is 0.340 e. The summed E-state index contributed by atoms with van der Waals surface area (Å²) in [5.74, 6) is 0.313. The molecule has 84 valence electrons. The molecule has 0 bridgehead atoms. The summed E-state index contributed by atoms with van der Waals surface area (Å²) in [6, 6.07) is 4.78. The Balaban J connectivity index is 2.51. The topological polar surface area (TPSA) is 108 Å². The van der Waals surface area contributed by atoms with Crippen LogP contribution in [-0.4, -0.2) is 20.4 Å². The van der Waals surface area contributed by atoms with E-state index in [0.717, 1.165) is 0 Å². The zero-order valence-electron chi connectivity index (χ0n) is 8.39. The zero-order valence-corrected chi connectivity index (χ0v) is 8.39. The SMILES string of the molecule is Cc1ccc(-c2n[nH]c(=O)[nH]2)cc1N([O-])O. The van der Waals surface area contributed by atoms with Crippen LogP contribution in [0.25, 0.3) is 11.4 Å². The molecule has 0 aliphatic rings. The minimum Gasteiger partial charge on any atom is -0.733 e. The minimum absolute atomic E-state index is 0.112. The summed E-state index contributed by atoms with van der Waals surface area (Å²) >= 11 is 0. The molecule has 16 heavy (non-hydrogen) atoms. The van der Waals surface area contributed by atoms with Crippen LogP contribution in [0.5, 0.6) is 0 Å². The van der Waals surface area contributed by atoms with Gasteiger partial charge in [0.05, 0.1) is 5.69 Å². The third-order valence-electron chi connectivity index (χ3n) is 2.19. The van der Waals surface area contributed by atoms with E-state index in [1.54, 1.807) is 19.1 Å². The summed E-state index contributed by atoms with van der Waals surface area (Å²) in [4.78, 5) is 13.3. The zero-order chi connectivity index (χ0) is 11.7.